The predicted octanol–water partition coefficient (Wildman–Crippen LogP) is 0.613. The molecule has 2 heterocycles. The van der Waals surface area contributed by atoms with Crippen LogP contribution in [0.15, 0.2) is 22.8 Å². The molecule has 132 valence electrons. The van der Waals surface area contributed by atoms with Crippen molar-refractivity contribution in [2.75, 3.05) is 6.61 Å². The van der Waals surface area contributed by atoms with Crippen LogP contribution in [-0.2, 0) is 16.1 Å². The molecule has 2 rings (SSSR count). The predicted molar refractivity (Wildman–Crippen MR) is 84.7 cm³/mol. The van der Waals surface area contributed by atoms with Crippen LogP contribution in [0.5, 0.6) is 0 Å². The van der Waals surface area contributed by atoms with Gasteiger partial charge in [-0.1, -0.05) is 13.8 Å². The summed E-state index contributed by atoms with van der Waals surface area (Å²) in [6.45, 7) is 3.72. The summed E-state index contributed by atoms with van der Waals surface area (Å²) >= 11 is 0. The molecule has 0 radical (unpaired) electrons. The number of furan rings is 1. The number of urea groups is 1. The molecule has 8 nitrogen and oxygen atoms in total. The van der Waals surface area contributed by atoms with E-state index in [1.165, 1.54) is 6.26 Å². The van der Waals surface area contributed by atoms with E-state index in [0.29, 0.717) is 5.76 Å². The van der Waals surface area contributed by atoms with Gasteiger partial charge in [0, 0.05) is 6.42 Å². The summed E-state index contributed by atoms with van der Waals surface area (Å²) < 4.78 is 5.14. The van der Waals surface area contributed by atoms with E-state index in [-0.39, 0.29) is 49.8 Å². The Bertz CT molecular complexity index is 585. The summed E-state index contributed by atoms with van der Waals surface area (Å²) in [4.78, 5) is 37.2. The van der Waals surface area contributed by atoms with Crippen molar-refractivity contribution >= 4 is 17.8 Å². The Balaban J connectivity index is 1.84. The second kappa shape index (κ2) is 7.96. The standard InChI is InChI=1S/C16H23N3O5/c1-10(2)13(9-20)17-14(21)6-5-12-15(22)19(16(23)18-12)8-11-4-3-7-24-11/h3-4,7,10,12-13,20H,5-6,8-9H2,1-2H3,(H,17,21)(H,18,23)/t12-,13-/m1/s1. The average molecular weight is 337 g/mol. The first-order valence-electron chi connectivity index (χ1n) is 7.96. The third-order valence-electron chi connectivity index (χ3n) is 4.01. The Morgan fingerprint density at radius 3 is 2.79 bits per heavy atom. The Hall–Kier alpha value is -2.35. The van der Waals surface area contributed by atoms with Crippen LogP contribution in [0.2, 0.25) is 0 Å². The van der Waals surface area contributed by atoms with E-state index in [4.69, 9.17) is 4.42 Å². The molecule has 0 bridgehead atoms. The lowest BCUT2D eigenvalue weighted by molar-refractivity contribution is -0.128. The molecule has 0 spiro atoms. The van der Waals surface area contributed by atoms with Crippen molar-refractivity contribution in [3.8, 4) is 0 Å². The lowest BCUT2D eigenvalue weighted by Gasteiger charge is -2.20. The number of rotatable bonds is 8. The number of aliphatic hydroxyl groups excluding tert-OH is 1. The summed E-state index contributed by atoms with van der Waals surface area (Å²) in [5.41, 5.74) is 0. The van der Waals surface area contributed by atoms with E-state index in [1.807, 2.05) is 13.8 Å². The number of carbonyl (C=O) groups is 3. The van der Waals surface area contributed by atoms with E-state index in [0.717, 1.165) is 4.90 Å². The minimum absolute atomic E-state index is 0.0697. The molecule has 1 saturated heterocycles. The van der Waals surface area contributed by atoms with Crippen molar-refractivity contribution in [3.63, 3.8) is 0 Å². The lowest BCUT2D eigenvalue weighted by Crippen LogP contribution is -2.42. The van der Waals surface area contributed by atoms with Crippen LogP contribution in [0.3, 0.4) is 0 Å². The first-order valence-corrected chi connectivity index (χ1v) is 7.96. The molecule has 1 aliphatic rings. The van der Waals surface area contributed by atoms with E-state index < -0.39 is 12.1 Å². The fourth-order valence-electron chi connectivity index (χ4n) is 2.46. The van der Waals surface area contributed by atoms with Crippen molar-refractivity contribution in [2.45, 2.75) is 45.3 Å². The number of hydrogen-bond acceptors (Lipinski definition) is 5. The number of nitrogens with one attached hydrogen (secondary N) is 2. The third kappa shape index (κ3) is 4.35. The molecule has 0 unspecified atom stereocenters. The van der Waals surface area contributed by atoms with Crippen LogP contribution in [0.25, 0.3) is 0 Å². The normalized spacial score (nSPS) is 18.8. The van der Waals surface area contributed by atoms with Gasteiger partial charge >= 0.3 is 6.03 Å². The van der Waals surface area contributed by atoms with Gasteiger partial charge in [0.2, 0.25) is 5.91 Å². The molecule has 0 aliphatic carbocycles. The molecule has 1 fully saturated rings. The van der Waals surface area contributed by atoms with Gasteiger partial charge < -0.3 is 20.2 Å². The Kier molecular flexibility index (Phi) is 5.97. The smallest absolute Gasteiger partial charge is 0.325 e. The molecule has 1 aliphatic heterocycles. The van der Waals surface area contributed by atoms with Crippen molar-refractivity contribution in [1.29, 1.82) is 0 Å². The second-order valence-electron chi connectivity index (χ2n) is 6.15. The summed E-state index contributed by atoms with van der Waals surface area (Å²) in [5.74, 6) is -0.00350. The van der Waals surface area contributed by atoms with Crippen LogP contribution in [0.4, 0.5) is 4.79 Å². The maximum Gasteiger partial charge on any atom is 0.325 e. The van der Waals surface area contributed by atoms with E-state index in [2.05, 4.69) is 10.6 Å². The highest BCUT2D eigenvalue weighted by Gasteiger charge is 2.38. The molecule has 1 aromatic heterocycles. The SMILES string of the molecule is CC(C)[C@@H](CO)NC(=O)CC[C@H]1NC(=O)N(Cc2ccco2)C1=O. The van der Waals surface area contributed by atoms with Crippen molar-refractivity contribution in [3.05, 3.63) is 24.2 Å². The fraction of sp³-hybridized carbons (Fsp3) is 0.562. The zero-order valence-electron chi connectivity index (χ0n) is 13.8. The minimum Gasteiger partial charge on any atom is -0.467 e. The zero-order chi connectivity index (χ0) is 17.7. The maximum atomic E-state index is 12.3. The van der Waals surface area contributed by atoms with Crippen LogP contribution < -0.4 is 10.6 Å². The molecule has 2 atom stereocenters. The maximum absolute atomic E-state index is 12.3. The van der Waals surface area contributed by atoms with Gasteiger partial charge in [-0.15, -0.1) is 0 Å². The molecular weight excluding hydrogens is 314 g/mol. The number of amides is 4. The average Bonchev–Trinajstić information content (AvgIpc) is 3.14. The Morgan fingerprint density at radius 1 is 1.46 bits per heavy atom. The van der Waals surface area contributed by atoms with E-state index >= 15 is 0 Å². The molecule has 3 N–H and O–H groups in total. The topological polar surface area (TPSA) is 112 Å². The fourth-order valence-corrected chi connectivity index (χ4v) is 2.46. The van der Waals surface area contributed by atoms with Crippen molar-refractivity contribution in [2.24, 2.45) is 5.92 Å². The van der Waals surface area contributed by atoms with Gasteiger partial charge in [-0.2, -0.15) is 0 Å². The third-order valence-corrected chi connectivity index (χ3v) is 4.01. The molecule has 8 heteroatoms. The highest BCUT2D eigenvalue weighted by atomic mass is 16.3. The second-order valence-corrected chi connectivity index (χ2v) is 6.15. The zero-order valence-corrected chi connectivity index (χ0v) is 13.8. The van der Waals surface area contributed by atoms with Gasteiger partial charge in [0.25, 0.3) is 5.91 Å². The van der Waals surface area contributed by atoms with Gasteiger partial charge in [-0.05, 0) is 24.5 Å². The molecular formula is C16H23N3O5. The highest BCUT2D eigenvalue weighted by molar-refractivity contribution is 6.04. The molecule has 24 heavy (non-hydrogen) atoms. The quantitative estimate of drug-likeness (QED) is 0.602. The Morgan fingerprint density at radius 2 is 2.21 bits per heavy atom. The van der Waals surface area contributed by atoms with E-state index in [1.54, 1.807) is 12.1 Å². The number of hydrogen-bond donors (Lipinski definition) is 3. The van der Waals surface area contributed by atoms with Gasteiger partial charge in [0.05, 0.1) is 25.5 Å². The van der Waals surface area contributed by atoms with Crippen LogP contribution >= 0.6 is 0 Å². The largest absolute Gasteiger partial charge is 0.467 e. The summed E-state index contributed by atoms with van der Waals surface area (Å²) in [5, 5.41) is 14.5. The molecule has 4 amide bonds. The number of aliphatic hydroxyl groups is 1. The Labute approximate surface area is 140 Å². The van der Waals surface area contributed by atoms with Crippen molar-refractivity contribution in [1.82, 2.24) is 15.5 Å². The molecule has 1 aromatic rings. The van der Waals surface area contributed by atoms with Gasteiger partial charge in [-0.25, -0.2) is 4.79 Å². The number of nitrogens with zero attached hydrogens (tertiary/aromatic N) is 1. The van der Waals surface area contributed by atoms with Crippen LogP contribution in [-0.4, -0.2) is 46.5 Å². The van der Waals surface area contributed by atoms with E-state index in [9.17, 15) is 19.5 Å². The number of carbonyl (C=O) groups excluding carboxylic acids is 3. The van der Waals surface area contributed by atoms with Gasteiger partial charge in [0.15, 0.2) is 0 Å². The number of imide groups is 1. The van der Waals surface area contributed by atoms with Gasteiger partial charge in [0.1, 0.15) is 11.8 Å². The van der Waals surface area contributed by atoms with Crippen molar-refractivity contribution < 1.29 is 23.9 Å². The van der Waals surface area contributed by atoms with Gasteiger partial charge in [-0.3, -0.25) is 14.5 Å². The first-order chi connectivity index (χ1) is 11.4. The summed E-state index contributed by atoms with van der Waals surface area (Å²) in [6.07, 6.45) is 1.78. The summed E-state index contributed by atoms with van der Waals surface area (Å²) in [7, 11) is 0. The monoisotopic (exact) mass is 337 g/mol. The molecule has 0 aromatic carbocycles. The minimum atomic E-state index is -0.718. The van der Waals surface area contributed by atoms with Crippen LogP contribution in [0, 0.1) is 5.92 Å². The van der Waals surface area contributed by atoms with Crippen LogP contribution in [0.1, 0.15) is 32.4 Å². The summed E-state index contributed by atoms with van der Waals surface area (Å²) in [6, 6.07) is 1.84. The first kappa shape index (κ1) is 18.0. The highest BCUT2D eigenvalue weighted by Crippen LogP contribution is 2.15. The lowest BCUT2D eigenvalue weighted by atomic mass is 10.0. The molecule has 0 saturated carbocycles.